The van der Waals surface area contributed by atoms with Crippen molar-refractivity contribution in [3.63, 3.8) is 0 Å². The number of hydrogen-bond acceptors (Lipinski definition) is 4. The van der Waals surface area contributed by atoms with Gasteiger partial charge in [-0.1, -0.05) is 18.2 Å². The summed E-state index contributed by atoms with van der Waals surface area (Å²) < 4.78 is 6.08. The molecule has 2 heterocycles. The van der Waals surface area contributed by atoms with E-state index in [2.05, 4.69) is 46.2 Å². The molecular formula is C24H20N4O. The number of fused-ring (bicyclic) bond motifs is 2. The first kappa shape index (κ1) is 17.3. The van der Waals surface area contributed by atoms with E-state index in [-0.39, 0.29) is 0 Å². The zero-order valence-corrected chi connectivity index (χ0v) is 16.2. The van der Waals surface area contributed by atoms with Gasteiger partial charge in [0.1, 0.15) is 23.6 Å². The molecule has 5 heteroatoms. The summed E-state index contributed by atoms with van der Waals surface area (Å²) >= 11 is 0. The fraction of sp³-hybridized carbons (Fsp3) is 0.0833. The van der Waals surface area contributed by atoms with Gasteiger partial charge < -0.3 is 15.0 Å². The number of hydrogen-bond donors (Lipinski definition) is 2. The van der Waals surface area contributed by atoms with Crippen LogP contribution in [0.3, 0.4) is 0 Å². The van der Waals surface area contributed by atoms with Gasteiger partial charge in [0.25, 0.3) is 0 Å². The van der Waals surface area contributed by atoms with Gasteiger partial charge in [0.05, 0.1) is 16.7 Å². The fourth-order valence-electron chi connectivity index (χ4n) is 3.48. The van der Waals surface area contributed by atoms with Gasteiger partial charge in [-0.2, -0.15) is 0 Å². The predicted molar refractivity (Wildman–Crippen MR) is 117 cm³/mol. The predicted octanol–water partition coefficient (Wildman–Crippen LogP) is 6.26. The molecule has 5 nitrogen and oxygen atoms in total. The van der Waals surface area contributed by atoms with E-state index in [0.29, 0.717) is 0 Å². The standard InChI is InChI=1S/C24H20N4O/c1-15-12-19-21(13-16(15)2)26-14-27-24(19)28-20-8-9-22(18-10-11-25-23(18)20)29-17-6-4-3-5-7-17/h3-14,25H,1-2H3,(H,26,27,28). The van der Waals surface area contributed by atoms with Crippen LogP contribution >= 0.6 is 0 Å². The SMILES string of the molecule is Cc1cc2ncnc(Nc3ccc(Oc4ccccc4)c4cc[nH]c34)c2cc1C. The van der Waals surface area contributed by atoms with E-state index >= 15 is 0 Å². The zero-order valence-electron chi connectivity index (χ0n) is 16.2. The Morgan fingerprint density at radius 1 is 0.862 bits per heavy atom. The summed E-state index contributed by atoms with van der Waals surface area (Å²) in [6.45, 7) is 4.20. The van der Waals surface area contributed by atoms with Gasteiger partial charge >= 0.3 is 0 Å². The minimum atomic E-state index is 0.783. The molecule has 0 saturated carbocycles. The Balaban J connectivity index is 1.56. The highest BCUT2D eigenvalue weighted by molar-refractivity contribution is 5.99. The molecule has 0 aliphatic heterocycles. The first-order chi connectivity index (χ1) is 14.2. The Bertz CT molecular complexity index is 1330. The largest absolute Gasteiger partial charge is 0.457 e. The average Bonchev–Trinajstić information content (AvgIpc) is 3.23. The van der Waals surface area contributed by atoms with Crippen LogP contribution in [0.5, 0.6) is 11.5 Å². The second-order valence-corrected chi connectivity index (χ2v) is 7.09. The molecule has 142 valence electrons. The van der Waals surface area contributed by atoms with E-state index in [1.165, 1.54) is 11.1 Å². The van der Waals surface area contributed by atoms with Crippen LogP contribution in [0.15, 0.2) is 73.2 Å². The minimum Gasteiger partial charge on any atom is -0.457 e. The molecule has 3 aromatic carbocycles. The molecular weight excluding hydrogens is 360 g/mol. The van der Waals surface area contributed by atoms with Gasteiger partial charge in [0, 0.05) is 17.0 Å². The van der Waals surface area contributed by atoms with Crippen molar-refractivity contribution in [2.24, 2.45) is 0 Å². The molecule has 29 heavy (non-hydrogen) atoms. The van der Waals surface area contributed by atoms with E-state index in [1.54, 1.807) is 6.33 Å². The van der Waals surface area contributed by atoms with Crippen molar-refractivity contribution in [3.8, 4) is 11.5 Å². The van der Waals surface area contributed by atoms with E-state index in [4.69, 9.17) is 4.74 Å². The summed E-state index contributed by atoms with van der Waals surface area (Å²) in [5.74, 6) is 2.39. The van der Waals surface area contributed by atoms with Gasteiger partial charge in [0.15, 0.2) is 0 Å². The first-order valence-corrected chi connectivity index (χ1v) is 9.51. The minimum absolute atomic E-state index is 0.783. The first-order valence-electron chi connectivity index (χ1n) is 9.51. The lowest BCUT2D eigenvalue weighted by molar-refractivity contribution is 0.488. The number of nitrogens with zero attached hydrogens (tertiary/aromatic N) is 2. The maximum absolute atomic E-state index is 6.08. The number of aryl methyl sites for hydroxylation is 2. The molecule has 0 atom stereocenters. The molecule has 0 radical (unpaired) electrons. The van der Waals surface area contributed by atoms with E-state index in [1.807, 2.05) is 54.7 Å². The Kier molecular flexibility index (Phi) is 4.13. The van der Waals surface area contributed by atoms with Crippen molar-refractivity contribution in [3.05, 3.63) is 84.3 Å². The van der Waals surface area contributed by atoms with Crippen molar-refractivity contribution < 1.29 is 4.74 Å². The molecule has 2 aromatic heterocycles. The highest BCUT2D eigenvalue weighted by atomic mass is 16.5. The summed E-state index contributed by atoms with van der Waals surface area (Å²) in [6.07, 6.45) is 3.51. The number of ether oxygens (including phenoxy) is 1. The van der Waals surface area contributed by atoms with Crippen LogP contribution in [0.4, 0.5) is 11.5 Å². The molecule has 2 N–H and O–H groups in total. The van der Waals surface area contributed by atoms with E-state index in [0.717, 1.165) is 44.8 Å². The van der Waals surface area contributed by atoms with Crippen LogP contribution in [0.2, 0.25) is 0 Å². The molecule has 5 aromatic rings. The van der Waals surface area contributed by atoms with Crippen LogP contribution in [0, 0.1) is 13.8 Å². The Labute approximate surface area is 168 Å². The lowest BCUT2D eigenvalue weighted by Crippen LogP contribution is -1.98. The van der Waals surface area contributed by atoms with Crippen molar-refractivity contribution in [2.75, 3.05) is 5.32 Å². The highest BCUT2D eigenvalue weighted by Crippen LogP contribution is 2.35. The molecule has 0 saturated heterocycles. The van der Waals surface area contributed by atoms with Crippen LogP contribution < -0.4 is 10.1 Å². The summed E-state index contributed by atoms with van der Waals surface area (Å²) in [7, 11) is 0. The number of nitrogens with one attached hydrogen (secondary N) is 2. The number of aromatic amines is 1. The molecule has 0 fully saturated rings. The molecule has 0 unspecified atom stereocenters. The number of benzene rings is 3. The lowest BCUT2D eigenvalue weighted by atomic mass is 10.1. The fourth-order valence-corrected chi connectivity index (χ4v) is 3.48. The molecule has 0 spiro atoms. The van der Waals surface area contributed by atoms with Crippen LogP contribution in [-0.2, 0) is 0 Å². The monoisotopic (exact) mass is 380 g/mol. The van der Waals surface area contributed by atoms with Gasteiger partial charge in [0.2, 0.25) is 0 Å². The smallest absolute Gasteiger partial charge is 0.141 e. The zero-order chi connectivity index (χ0) is 19.8. The topological polar surface area (TPSA) is 62.8 Å². The maximum Gasteiger partial charge on any atom is 0.141 e. The Morgan fingerprint density at radius 3 is 2.55 bits per heavy atom. The molecule has 0 amide bonds. The average molecular weight is 380 g/mol. The third kappa shape index (κ3) is 3.17. The number of anilines is 2. The van der Waals surface area contributed by atoms with Gasteiger partial charge in [-0.25, -0.2) is 9.97 Å². The van der Waals surface area contributed by atoms with E-state index in [9.17, 15) is 0 Å². The second-order valence-electron chi connectivity index (χ2n) is 7.09. The van der Waals surface area contributed by atoms with Crippen LogP contribution in [0.1, 0.15) is 11.1 Å². The summed E-state index contributed by atoms with van der Waals surface area (Å²) in [5, 5.41) is 5.48. The van der Waals surface area contributed by atoms with Crippen molar-refractivity contribution >= 4 is 33.3 Å². The van der Waals surface area contributed by atoms with Crippen molar-refractivity contribution in [2.45, 2.75) is 13.8 Å². The van der Waals surface area contributed by atoms with Gasteiger partial charge in [-0.05, 0) is 67.4 Å². The number of aromatic nitrogens is 3. The molecule has 0 aliphatic rings. The Hall–Kier alpha value is -3.86. The lowest BCUT2D eigenvalue weighted by Gasteiger charge is -2.13. The molecule has 5 rings (SSSR count). The maximum atomic E-state index is 6.08. The third-order valence-corrected chi connectivity index (χ3v) is 5.16. The summed E-state index contributed by atoms with van der Waals surface area (Å²) in [6, 6.07) is 20.0. The van der Waals surface area contributed by atoms with Gasteiger partial charge in [-0.15, -0.1) is 0 Å². The Morgan fingerprint density at radius 2 is 1.69 bits per heavy atom. The summed E-state index contributed by atoms with van der Waals surface area (Å²) in [4.78, 5) is 12.2. The third-order valence-electron chi connectivity index (χ3n) is 5.16. The highest BCUT2D eigenvalue weighted by Gasteiger charge is 2.12. The van der Waals surface area contributed by atoms with Crippen molar-refractivity contribution in [1.29, 1.82) is 0 Å². The number of H-pyrrole nitrogens is 1. The molecule has 0 bridgehead atoms. The number of rotatable bonds is 4. The quantitative estimate of drug-likeness (QED) is 0.386. The van der Waals surface area contributed by atoms with Crippen LogP contribution in [0.25, 0.3) is 21.8 Å². The van der Waals surface area contributed by atoms with Gasteiger partial charge in [-0.3, -0.25) is 0 Å². The summed E-state index contributed by atoms with van der Waals surface area (Å²) in [5.41, 5.74) is 5.26. The van der Waals surface area contributed by atoms with Crippen molar-refractivity contribution in [1.82, 2.24) is 15.0 Å². The molecule has 0 aliphatic carbocycles. The van der Waals surface area contributed by atoms with Crippen LogP contribution in [-0.4, -0.2) is 15.0 Å². The normalized spacial score (nSPS) is 11.1. The second kappa shape index (κ2) is 6.95. The number of para-hydroxylation sites is 1. The van der Waals surface area contributed by atoms with E-state index < -0.39 is 0 Å².